The van der Waals surface area contributed by atoms with E-state index >= 15 is 0 Å². The van der Waals surface area contributed by atoms with E-state index in [1.54, 1.807) is 0 Å². The van der Waals surface area contributed by atoms with Gasteiger partial charge < -0.3 is 11.1 Å². The Morgan fingerprint density at radius 3 is 2.74 bits per heavy atom. The van der Waals surface area contributed by atoms with E-state index < -0.39 is 0 Å². The molecule has 0 aliphatic heterocycles. The molecule has 0 fully saturated rings. The van der Waals surface area contributed by atoms with Gasteiger partial charge in [-0.25, -0.2) is 4.98 Å². The van der Waals surface area contributed by atoms with Crippen LogP contribution >= 0.6 is 0 Å². The second kappa shape index (κ2) is 5.91. The van der Waals surface area contributed by atoms with E-state index in [1.807, 2.05) is 24.3 Å². The van der Waals surface area contributed by atoms with Crippen LogP contribution in [0.1, 0.15) is 33.6 Å². The first-order valence-corrected chi connectivity index (χ1v) is 7.01. The lowest BCUT2D eigenvalue weighted by Crippen LogP contribution is -2.18. The second-order valence-electron chi connectivity index (χ2n) is 5.44. The van der Waals surface area contributed by atoms with E-state index in [2.05, 4.69) is 37.1 Å². The highest BCUT2D eigenvalue weighted by molar-refractivity contribution is 5.83. The lowest BCUT2D eigenvalue weighted by atomic mass is 10.0. The number of fused-ring (bicyclic) bond motifs is 1. The number of pyridine rings is 1. The van der Waals surface area contributed by atoms with Crippen molar-refractivity contribution in [1.29, 1.82) is 0 Å². The van der Waals surface area contributed by atoms with Crippen LogP contribution in [0, 0.1) is 5.92 Å². The molecule has 2 unspecified atom stereocenters. The quantitative estimate of drug-likeness (QED) is 0.794. The highest BCUT2D eigenvalue weighted by Gasteiger charge is 2.08. The summed E-state index contributed by atoms with van der Waals surface area (Å²) in [5.41, 5.74) is 7.53. The predicted molar refractivity (Wildman–Crippen MR) is 83.3 cm³/mol. The summed E-state index contributed by atoms with van der Waals surface area (Å²) in [5.74, 6) is 1.68. The fraction of sp³-hybridized carbons (Fsp3) is 0.438. The van der Waals surface area contributed by atoms with Crippen LogP contribution in [0.3, 0.4) is 0 Å². The maximum absolute atomic E-state index is 5.77. The van der Waals surface area contributed by atoms with Crippen molar-refractivity contribution in [1.82, 2.24) is 4.98 Å². The number of anilines is 2. The molecule has 0 bridgehead atoms. The number of nitrogens with two attached hydrogens (primary N) is 1. The van der Waals surface area contributed by atoms with Gasteiger partial charge >= 0.3 is 0 Å². The first-order chi connectivity index (χ1) is 9.08. The Hall–Kier alpha value is -1.77. The standard InChI is InChI=1S/C16H23N3/c1-4-11(2)9-12(3)18-16-8-5-13-10-14(17)6-7-15(13)19-16/h5-8,10-12H,4,9,17H2,1-3H3,(H,18,19). The molecule has 2 aromatic rings. The van der Waals surface area contributed by atoms with Crippen molar-refractivity contribution < 1.29 is 0 Å². The number of nitrogens with one attached hydrogen (secondary N) is 1. The van der Waals surface area contributed by atoms with Crippen molar-refractivity contribution >= 4 is 22.4 Å². The molecule has 0 spiro atoms. The molecule has 0 radical (unpaired) electrons. The molecule has 102 valence electrons. The molecule has 0 saturated carbocycles. The lowest BCUT2D eigenvalue weighted by Gasteiger charge is -2.18. The predicted octanol–water partition coefficient (Wildman–Crippen LogP) is 4.05. The molecule has 0 aliphatic carbocycles. The minimum atomic E-state index is 0.439. The highest BCUT2D eigenvalue weighted by Crippen LogP contribution is 2.19. The normalized spacial score (nSPS) is 14.3. The van der Waals surface area contributed by atoms with Gasteiger partial charge in [0.05, 0.1) is 5.52 Å². The largest absolute Gasteiger partial charge is 0.399 e. The molecule has 3 nitrogen and oxygen atoms in total. The third-order valence-electron chi connectivity index (χ3n) is 3.56. The zero-order chi connectivity index (χ0) is 13.8. The summed E-state index contributed by atoms with van der Waals surface area (Å²) in [6.07, 6.45) is 2.38. The van der Waals surface area contributed by atoms with E-state index in [0.29, 0.717) is 6.04 Å². The van der Waals surface area contributed by atoms with Crippen LogP contribution in [0.15, 0.2) is 30.3 Å². The first-order valence-electron chi connectivity index (χ1n) is 7.01. The van der Waals surface area contributed by atoms with Gasteiger partial charge in [0.15, 0.2) is 0 Å². The first kappa shape index (κ1) is 13.7. The minimum Gasteiger partial charge on any atom is -0.399 e. The molecule has 1 heterocycles. The number of nitrogens with zero attached hydrogens (tertiary/aromatic N) is 1. The number of nitrogen functional groups attached to an aromatic ring is 1. The maximum Gasteiger partial charge on any atom is 0.126 e. The van der Waals surface area contributed by atoms with Crippen molar-refractivity contribution in [3.8, 4) is 0 Å². The Balaban J connectivity index is 2.11. The van der Waals surface area contributed by atoms with E-state index in [-0.39, 0.29) is 0 Å². The molecule has 2 atom stereocenters. The van der Waals surface area contributed by atoms with Crippen LogP contribution in [0.2, 0.25) is 0 Å². The molecule has 0 amide bonds. The van der Waals surface area contributed by atoms with Crippen LogP contribution in [-0.4, -0.2) is 11.0 Å². The third-order valence-corrected chi connectivity index (χ3v) is 3.56. The second-order valence-corrected chi connectivity index (χ2v) is 5.44. The van der Waals surface area contributed by atoms with E-state index in [4.69, 9.17) is 5.73 Å². The van der Waals surface area contributed by atoms with E-state index in [1.165, 1.54) is 6.42 Å². The average Bonchev–Trinajstić information content (AvgIpc) is 2.38. The van der Waals surface area contributed by atoms with E-state index in [9.17, 15) is 0 Å². The molecule has 3 heteroatoms. The van der Waals surface area contributed by atoms with Gasteiger partial charge in [0.25, 0.3) is 0 Å². The van der Waals surface area contributed by atoms with Crippen molar-refractivity contribution in [3.05, 3.63) is 30.3 Å². The SMILES string of the molecule is CCC(C)CC(C)Nc1ccc2cc(N)ccc2n1. The number of aromatic nitrogens is 1. The summed E-state index contributed by atoms with van der Waals surface area (Å²) in [6.45, 7) is 6.73. The highest BCUT2D eigenvalue weighted by atomic mass is 15.0. The Bertz CT molecular complexity index is 551. The fourth-order valence-corrected chi connectivity index (χ4v) is 2.31. The van der Waals surface area contributed by atoms with Gasteiger partial charge in [-0.05, 0) is 49.6 Å². The summed E-state index contributed by atoms with van der Waals surface area (Å²) in [7, 11) is 0. The van der Waals surface area contributed by atoms with Crippen LogP contribution in [-0.2, 0) is 0 Å². The molecular weight excluding hydrogens is 234 g/mol. The molecule has 0 aliphatic rings. The van der Waals surface area contributed by atoms with Gasteiger partial charge in [-0.2, -0.15) is 0 Å². The van der Waals surface area contributed by atoms with Gasteiger partial charge in [0, 0.05) is 17.1 Å². The van der Waals surface area contributed by atoms with Crippen LogP contribution < -0.4 is 11.1 Å². The topological polar surface area (TPSA) is 50.9 Å². The Kier molecular flexibility index (Phi) is 4.25. The molecule has 3 N–H and O–H groups in total. The maximum atomic E-state index is 5.77. The molecule has 2 rings (SSSR count). The number of benzene rings is 1. The Labute approximate surface area is 115 Å². The average molecular weight is 257 g/mol. The van der Waals surface area contributed by atoms with Crippen molar-refractivity contribution in [2.24, 2.45) is 5.92 Å². The smallest absolute Gasteiger partial charge is 0.126 e. The van der Waals surface area contributed by atoms with Gasteiger partial charge in [0.1, 0.15) is 5.82 Å². The molecule has 19 heavy (non-hydrogen) atoms. The van der Waals surface area contributed by atoms with Gasteiger partial charge in [-0.3, -0.25) is 0 Å². The third kappa shape index (κ3) is 3.60. The molecule has 1 aromatic carbocycles. The van der Waals surface area contributed by atoms with E-state index in [0.717, 1.165) is 34.7 Å². The summed E-state index contributed by atoms with van der Waals surface area (Å²) < 4.78 is 0. The minimum absolute atomic E-state index is 0.439. The summed E-state index contributed by atoms with van der Waals surface area (Å²) in [4.78, 5) is 4.62. The Morgan fingerprint density at radius 2 is 2.00 bits per heavy atom. The molecule has 0 saturated heterocycles. The number of hydrogen-bond acceptors (Lipinski definition) is 3. The van der Waals surface area contributed by atoms with Crippen LogP contribution in [0.25, 0.3) is 10.9 Å². The van der Waals surface area contributed by atoms with Crippen LogP contribution in [0.4, 0.5) is 11.5 Å². The Morgan fingerprint density at radius 1 is 1.21 bits per heavy atom. The zero-order valence-corrected chi connectivity index (χ0v) is 12.0. The lowest BCUT2D eigenvalue weighted by molar-refractivity contribution is 0.483. The van der Waals surface area contributed by atoms with Crippen molar-refractivity contribution in [3.63, 3.8) is 0 Å². The molecular formula is C16H23N3. The van der Waals surface area contributed by atoms with Crippen molar-refractivity contribution in [2.75, 3.05) is 11.1 Å². The summed E-state index contributed by atoms with van der Waals surface area (Å²) in [6, 6.07) is 10.3. The number of rotatable bonds is 5. The van der Waals surface area contributed by atoms with Crippen molar-refractivity contribution in [2.45, 2.75) is 39.7 Å². The summed E-state index contributed by atoms with van der Waals surface area (Å²) in [5, 5.41) is 4.55. The van der Waals surface area contributed by atoms with Gasteiger partial charge in [-0.1, -0.05) is 20.3 Å². The monoisotopic (exact) mass is 257 g/mol. The van der Waals surface area contributed by atoms with Gasteiger partial charge in [-0.15, -0.1) is 0 Å². The van der Waals surface area contributed by atoms with Gasteiger partial charge in [0.2, 0.25) is 0 Å². The number of hydrogen-bond donors (Lipinski definition) is 2. The fourth-order valence-electron chi connectivity index (χ4n) is 2.31. The summed E-state index contributed by atoms with van der Waals surface area (Å²) >= 11 is 0. The zero-order valence-electron chi connectivity index (χ0n) is 12.0. The molecule has 1 aromatic heterocycles. The van der Waals surface area contributed by atoms with Crippen LogP contribution in [0.5, 0.6) is 0 Å².